The van der Waals surface area contributed by atoms with Gasteiger partial charge in [-0.1, -0.05) is 6.07 Å². The first-order valence-corrected chi connectivity index (χ1v) is 7.47. The Kier molecular flexibility index (Phi) is 5.62. The van der Waals surface area contributed by atoms with Crippen molar-refractivity contribution in [1.29, 1.82) is 0 Å². The zero-order chi connectivity index (χ0) is 16.8. The first kappa shape index (κ1) is 16.9. The Morgan fingerprint density at radius 3 is 2.61 bits per heavy atom. The van der Waals surface area contributed by atoms with Gasteiger partial charge < -0.3 is 19.1 Å². The first-order valence-electron chi connectivity index (χ1n) is 7.47. The largest absolute Gasteiger partial charge is 0.490 e. The fourth-order valence-corrected chi connectivity index (χ4v) is 2.08. The van der Waals surface area contributed by atoms with Gasteiger partial charge in [0.2, 0.25) is 0 Å². The van der Waals surface area contributed by atoms with Crippen molar-refractivity contribution in [1.82, 2.24) is 4.90 Å². The molecule has 1 aromatic rings. The lowest BCUT2D eigenvalue weighted by Gasteiger charge is -2.16. The minimum Gasteiger partial charge on any atom is -0.490 e. The Morgan fingerprint density at radius 1 is 1.22 bits per heavy atom. The summed E-state index contributed by atoms with van der Waals surface area (Å²) in [6.07, 6.45) is 2.93. The SMILES string of the molecule is C[C@H](OC(=O)/C=C/c1ccc2c(c1)OCCCO2)C(=O)N(C)C. The summed E-state index contributed by atoms with van der Waals surface area (Å²) in [6, 6.07) is 5.44. The fraction of sp³-hybridized carbons (Fsp3) is 0.412. The molecule has 0 saturated heterocycles. The van der Waals surface area contributed by atoms with Crippen molar-refractivity contribution in [2.75, 3.05) is 27.3 Å². The van der Waals surface area contributed by atoms with E-state index >= 15 is 0 Å². The topological polar surface area (TPSA) is 65.1 Å². The van der Waals surface area contributed by atoms with Crippen LogP contribution >= 0.6 is 0 Å². The van der Waals surface area contributed by atoms with Crippen LogP contribution in [0.2, 0.25) is 0 Å². The number of nitrogens with zero attached hydrogens (tertiary/aromatic N) is 1. The summed E-state index contributed by atoms with van der Waals surface area (Å²) >= 11 is 0. The second-order valence-electron chi connectivity index (χ2n) is 5.40. The number of ether oxygens (including phenoxy) is 3. The number of amides is 1. The molecule has 0 unspecified atom stereocenters. The summed E-state index contributed by atoms with van der Waals surface area (Å²) in [6.45, 7) is 2.78. The first-order chi connectivity index (χ1) is 11.0. The number of rotatable bonds is 4. The standard InChI is InChI=1S/C17H21NO5/c1-12(17(20)18(2)3)23-16(19)8-6-13-5-7-14-15(11-13)22-10-4-9-21-14/h5-8,11-12H,4,9-10H2,1-3H3/b8-6+/t12-/m0/s1. The molecule has 2 rings (SSSR count). The van der Waals surface area contributed by atoms with Crippen LogP contribution < -0.4 is 9.47 Å². The lowest BCUT2D eigenvalue weighted by atomic mass is 10.2. The molecular weight excluding hydrogens is 298 g/mol. The summed E-state index contributed by atoms with van der Waals surface area (Å²) in [7, 11) is 3.22. The lowest BCUT2D eigenvalue weighted by Crippen LogP contribution is -2.34. The van der Waals surface area contributed by atoms with E-state index in [1.807, 2.05) is 12.1 Å². The van der Waals surface area contributed by atoms with Crippen molar-refractivity contribution < 1.29 is 23.8 Å². The summed E-state index contributed by atoms with van der Waals surface area (Å²) in [4.78, 5) is 24.8. The number of carbonyl (C=O) groups is 2. The zero-order valence-corrected chi connectivity index (χ0v) is 13.6. The molecular formula is C17H21NO5. The van der Waals surface area contributed by atoms with Gasteiger partial charge in [0.15, 0.2) is 17.6 Å². The van der Waals surface area contributed by atoms with Crippen molar-refractivity contribution in [3.05, 3.63) is 29.8 Å². The molecule has 0 N–H and O–H groups in total. The molecule has 0 saturated carbocycles. The third-order valence-electron chi connectivity index (χ3n) is 3.26. The maximum absolute atomic E-state index is 11.8. The van der Waals surface area contributed by atoms with Gasteiger partial charge in [0.05, 0.1) is 13.2 Å². The van der Waals surface area contributed by atoms with E-state index in [1.54, 1.807) is 33.2 Å². The molecule has 6 nitrogen and oxygen atoms in total. The fourth-order valence-electron chi connectivity index (χ4n) is 2.08. The average Bonchev–Trinajstić information content (AvgIpc) is 2.76. The van der Waals surface area contributed by atoms with Gasteiger partial charge in [-0.15, -0.1) is 0 Å². The molecule has 0 radical (unpaired) electrons. The van der Waals surface area contributed by atoms with Crippen molar-refractivity contribution in [3.8, 4) is 11.5 Å². The van der Waals surface area contributed by atoms with Gasteiger partial charge in [0.1, 0.15) is 0 Å². The van der Waals surface area contributed by atoms with Crippen LogP contribution in [0.1, 0.15) is 18.9 Å². The predicted molar refractivity (Wildman–Crippen MR) is 85.3 cm³/mol. The number of carbonyl (C=O) groups excluding carboxylic acids is 2. The van der Waals surface area contributed by atoms with Crippen molar-refractivity contribution >= 4 is 18.0 Å². The van der Waals surface area contributed by atoms with Crippen LogP contribution in [0.4, 0.5) is 0 Å². The van der Waals surface area contributed by atoms with Crippen molar-refractivity contribution in [3.63, 3.8) is 0 Å². The van der Waals surface area contributed by atoms with Crippen molar-refractivity contribution in [2.24, 2.45) is 0 Å². The highest BCUT2D eigenvalue weighted by Gasteiger charge is 2.18. The van der Waals surface area contributed by atoms with Crippen LogP contribution in [0.3, 0.4) is 0 Å². The molecule has 0 fully saturated rings. The van der Waals surface area contributed by atoms with Gasteiger partial charge >= 0.3 is 5.97 Å². The summed E-state index contributed by atoms with van der Waals surface area (Å²) in [5, 5.41) is 0. The molecule has 1 aliphatic heterocycles. The molecule has 1 atom stereocenters. The Balaban J connectivity index is 1.98. The monoisotopic (exact) mass is 319 g/mol. The molecule has 6 heteroatoms. The van der Waals surface area contributed by atoms with E-state index < -0.39 is 12.1 Å². The van der Waals surface area contributed by atoms with Gasteiger partial charge in [-0.25, -0.2) is 4.79 Å². The van der Waals surface area contributed by atoms with Gasteiger partial charge in [-0.05, 0) is 30.7 Å². The quantitative estimate of drug-likeness (QED) is 0.626. The van der Waals surface area contributed by atoms with Crippen LogP contribution in [0.25, 0.3) is 6.08 Å². The van der Waals surface area contributed by atoms with E-state index in [1.165, 1.54) is 11.0 Å². The van der Waals surface area contributed by atoms with Gasteiger partial charge in [-0.2, -0.15) is 0 Å². The number of hydrogen-bond donors (Lipinski definition) is 0. The molecule has 0 aromatic heterocycles. The lowest BCUT2D eigenvalue weighted by molar-refractivity contribution is -0.153. The summed E-state index contributed by atoms with van der Waals surface area (Å²) in [5.41, 5.74) is 0.790. The summed E-state index contributed by atoms with van der Waals surface area (Å²) < 4.78 is 16.2. The minimum absolute atomic E-state index is 0.262. The molecule has 0 spiro atoms. The van der Waals surface area contributed by atoms with Crippen LogP contribution in [-0.4, -0.2) is 50.2 Å². The maximum atomic E-state index is 11.8. The smallest absolute Gasteiger partial charge is 0.331 e. The highest BCUT2D eigenvalue weighted by molar-refractivity contribution is 5.90. The van der Waals surface area contributed by atoms with Crippen LogP contribution in [0.15, 0.2) is 24.3 Å². The van der Waals surface area contributed by atoms with Crippen LogP contribution in [0.5, 0.6) is 11.5 Å². The maximum Gasteiger partial charge on any atom is 0.331 e. The molecule has 1 aromatic carbocycles. The molecule has 0 bridgehead atoms. The second kappa shape index (κ2) is 7.67. The van der Waals surface area contributed by atoms with E-state index in [0.29, 0.717) is 24.7 Å². The third-order valence-corrected chi connectivity index (χ3v) is 3.26. The Labute approximate surface area is 135 Å². The molecule has 1 amide bonds. The highest BCUT2D eigenvalue weighted by atomic mass is 16.5. The van der Waals surface area contributed by atoms with Gasteiger partial charge in [0, 0.05) is 26.6 Å². The number of benzene rings is 1. The van der Waals surface area contributed by atoms with Crippen LogP contribution in [0, 0.1) is 0 Å². The van der Waals surface area contributed by atoms with Crippen LogP contribution in [-0.2, 0) is 14.3 Å². The highest BCUT2D eigenvalue weighted by Crippen LogP contribution is 2.30. The third kappa shape index (κ3) is 4.74. The number of hydrogen-bond acceptors (Lipinski definition) is 5. The normalized spacial score (nSPS) is 14.9. The van der Waals surface area contributed by atoms with E-state index in [2.05, 4.69) is 0 Å². The summed E-state index contributed by atoms with van der Waals surface area (Å²) in [5.74, 6) is 0.531. The number of likely N-dealkylation sites (N-methyl/N-ethyl adjacent to an activating group) is 1. The molecule has 23 heavy (non-hydrogen) atoms. The van der Waals surface area contributed by atoms with E-state index in [0.717, 1.165) is 12.0 Å². The van der Waals surface area contributed by atoms with Crippen molar-refractivity contribution in [2.45, 2.75) is 19.4 Å². The molecule has 1 heterocycles. The Bertz CT molecular complexity index is 609. The van der Waals surface area contributed by atoms with E-state index in [9.17, 15) is 9.59 Å². The Morgan fingerprint density at radius 2 is 1.91 bits per heavy atom. The Hall–Kier alpha value is -2.50. The molecule has 0 aliphatic carbocycles. The van der Waals surface area contributed by atoms with Gasteiger partial charge in [-0.3, -0.25) is 4.79 Å². The second-order valence-corrected chi connectivity index (χ2v) is 5.40. The molecule has 1 aliphatic rings. The number of esters is 1. The van der Waals surface area contributed by atoms with E-state index in [-0.39, 0.29) is 5.91 Å². The predicted octanol–water partition coefficient (Wildman–Crippen LogP) is 1.88. The molecule has 124 valence electrons. The van der Waals surface area contributed by atoms with Gasteiger partial charge in [0.25, 0.3) is 5.91 Å². The minimum atomic E-state index is -0.814. The number of fused-ring (bicyclic) bond motifs is 1. The zero-order valence-electron chi connectivity index (χ0n) is 13.6. The average molecular weight is 319 g/mol. The van der Waals surface area contributed by atoms with E-state index in [4.69, 9.17) is 14.2 Å².